The van der Waals surface area contributed by atoms with E-state index in [-0.39, 0.29) is 24.8 Å². The molecule has 142 valence electrons. The van der Waals surface area contributed by atoms with Gasteiger partial charge >= 0.3 is 0 Å². The molecule has 0 aliphatic carbocycles. The van der Waals surface area contributed by atoms with Gasteiger partial charge in [0.05, 0.1) is 12.2 Å². The second-order valence-electron chi connectivity index (χ2n) is 6.76. The lowest BCUT2D eigenvalue weighted by Gasteiger charge is -2.38. The van der Waals surface area contributed by atoms with Gasteiger partial charge in [0.25, 0.3) is 17.6 Å². The maximum Gasteiger partial charge on any atom is 0.296 e. The summed E-state index contributed by atoms with van der Waals surface area (Å²) < 4.78 is 24.1. The van der Waals surface area contributed by atoms with Gasteiger partial charge in [-0.3, -0.25) is 9.59 Å². The predicted molar refractivity (Wildman–Crippen MR) is 91.6 cm³/mol. The van der Waals surface area contributed by atoms with Crippen LogP contribution in [0, 0.1) is 5.82 Å². The average Bonchev–Trinajstić information content (AvgIpc) is 3.30. The van der Waals surface area contributed by atoms with Gasteiger partial charge in [-0.1, -0.05) is 6.92 Å². The Morgan fingerprint density at radius 1 is 1.19 bits per heavy atom. The van der Waals surface area contributed by atoms with Crippen LogP contribution in [0.5, 0.6) is 5.75 Å². The summed E-state index contributed by atoms with van der Waals surface area (Å²) in [5.74, 6) is -3.52. The van der Waals surface area contributed by atoms with Crippen molar-refractivity contribution in [2.24, 2.45) is 0 Å². The van der Waals surface area contributed by atoms with Crippen LogP contribution in [0.4, 0.5) is 4.39 Å². The molecule has 0 spiro atoms. The average molecular weight is 374 g/mol. The summed E-state index contributed by atoms with van der Waals surface area (Å²) >= 11 is 0. The summed E-state index contributed by atoms with van der Waals surface area (Å²) in [6, 6.07) is 7.13. The van der Waals surface area contributed by atoms with E-state index in [4.69, 9.17) is 9.15 Å². The summed E-state index contributed by atoms with van der Waals surface area (Å²) in [4.78, 5) is 28.3. The summed E-state index contributed by atoms with van der Waals surface area (Å²) in [6.45, 7) is 2.78. The van der Waals surface area contributed by atoms with Crippen LogP contribution in [0.25, 0.3) is 0 Å². The molecule has 0 radical (unpaired) electrons. The Morgan fingerprint density at radius 2 is 1.89 bits per heavy atom. The van der Waals surface area contributed by atoms with E-state index in [0.29, 0.717) is 24.4 Å². The fourth-order valence-electron chi connectivity index (χ4n) is 3.54. The first-order chi connectivity index (χ1) is 12.9. The van der Waals surface area contributed by atoms with E-state index in [1.807, 2.05) is 0 Å². The van der Waals surface area contributed by atoms with Gasteiger partial charge in [0.2, 0.25) is 0 Å². The highest BCUT2D eigenvalue weighted by Crippen LogP contribution is 2.44. The Labute approximate surface area is 154 Å². The van der Waals surface area contributed by atoms with Crippen LogP contribution < -0.4 is 4.74 Å². The Hall–Kier alpha value is -2.87. The van der Waals surface area contributed by atoms with E-state index in [0.717, 1.165) is 0 Å². The van der Waals surface area contributed by atoms with E-state index in [2.05, 4.69) is 0 Å². The van der Waals surface area contributed by atoms with Crippen molar-refractivity contribution in [3.05, 3.63) is 53.7 Å². The number of amides is 2. The smallest absolute Gasteiger partial charge is 0.296 e. The van der Waals surface area contributed by atoms with Crippen molar-refractivity contribution >= 4 is 11.8 Å². The van der Waals surface area contributed by atoms with Crippen LogP contribution in [0.3, 0.4) is 0 Å². The van der Waals surface area contributed by atoms with Gasteiger partial charge in [-0.15, -0.1) is 0 Å². The van der Waals surface area contributed by atoms with Crippen LogP contribution in [-0.4, -0.2) is 58.7 Å². The van der Waals surface area contributed by atoms with Crippen LogP contribution >= 0.6 is 0 Å². The molecule has 8 heteroatoms. The third-order valence-corrected chi connectivity index (χ3v) is 5.18. The summed E-state index contributed by atoms with van der Waals surface area (Å²) in [7, 11) is 0. The number of fused-ring (bicyclic) bond motifs is 1. The Bertz CT molecular complexity index is 876. The zero-order valence-corrected chi connectivity index (χ0v) is 14.7. The fraction of sp³-hybridized carbons (Fsp3) is 0.368. The van der Waals surface area contributed by atoms with Gasteiger partial charge in [0.15, 0.2) is 5.76 Å². The number of hydrogen-bond acceptors (Lipinski definition) is 5. The standard InChI is InChI=1S/C19H19FN2O5/c1-12-14-11-13(20)4-5-15(14)27-19(12,25)18(24)22-8-6-21(7-9-22)17(23)16-3-2-10-26-16/h2-5,10-12,25H,6-9H2,1H3/t12-,19+/m1/s1. The number of nitrogens with zero attached hydrogens (tertiary/aromatic N) is 2. The molecule has 0 unspecified atom stereocenters. The molecule has 1 N–H and O–H groups in total. The molecule has 2 aromatic rings. The van der Waals surface area contributed by atoms with Crippen molar-refractivity contribution in [2.75, 3.05) is 26.2 Å². The van der Waals surface area contributed by atoms with Crippen molar-refractivity contribution in [3.63, 3.8) is 0 Å². The highest BCUT2D eigenvalue weighted by Gasteiger charge is 2.53. The number of furan rings is 1. The molecule has 27 heavy (non-hydrogen) atoms. The van der Waals surface area contributed by atoms with E-state index >= 15 is 0 Å². The van der Waals surface area contributed by atoms with E-state index in [1.54, 1.807) is 24.0 Å². The SMILES string of the molecule is C[C@@H]1c2cc(F)ccc2O[C@]1(O)C(=O)N1CCN(C(=O)c2ccco2)CC1. The normalized spacial score (nSPS) is 24.5. The molecule has 2 aliphatic heterocycles. The topological polar surface area (TPSA) is 83.2 Å². The minimum atomic E-state index is -2.08. The number of piperazine rings is 1. The molecule has 2 amide bonds. The van der Waals surface area contributed by atoms with Crippen molar-refractivity contribution in [1.82, 2.24) is 9.80 Å². The van der Waals surface area contributed by atoms with E-state index in [9.17, 15) is 19.1 Å². The Balaban J connectivity index is 1.45. The van der Waals surface area contributed by atoms with Crippen molar-refractivity contribution < 1.29 is 28.2 Å². The molecular weight excluding hydrogens is 355 g/mol. The summed E-state index contributed by atoms with van der Waals surface area (Å²) in [5.41, 5.74) is 0.456. The molecule has 2 atom stereocenters. The molecule has 4 rings (SSSR count). The van der Waals surface area contributed by atoms with Crippen LogP contribution in [-0.2, 0) is 4.79 Å². The van der Waals surface area contributed by atoms with Gasteiger partial charge in [0.1, 0.15) is 11.6 Å². The third kappa shape index (κ3) is 2.86. The molecule has 3 heterocycles. The van der Waals surface area contributed by atoms with Crippen molar-refractivity contribution in [3.8, 4) is 5.75 Å². The molecule has 2 aliphatic rings. The predicted octanol–water partition coefficient (Wildman–Crippen LogP) is 1.59. The van der Waals surface area contributed by atoms with Gasteiger partial charge in [-0.05, 0) is 30.3 Å². The number of carbonyl (C=O) groups is 2. The van der Waals surface area contributed by atoms with Gasteiger partial charge < -0.3 is 24.1 Å². The molecular formula is C19H19FN2O5. The van der Waals surface area contributed by atoms with Gasteiger partial charge in [-0.2, -0.15) is 0 Å². The minimum Gasteiger partial charge on any atom is -0.459 e. The number of rotatable bonds is 2. The van der Waals surface area contributed by atoms with Gasteiger partial charge in [0, 0.05) is 31.7 Å². The summed E-state index contributed by atoms with van der Waals surface area (Å²) in [5, 5.41) is 10.9. The number of benzene rings is 1. The minimum absolute atomic E-state index is 0.237. The zero-order valence-electron chi connectivity index (χ0n) is 14.7. The monoisotopic (exact) mass is 374 g/mol. The maximum atomic E-state index is 13.5. The maximum absolute atomic E-state index is 13.5. The molecule has 0 bridgehead atoms. The third-order valence-electron chi connectivity index (χ3n) is 5.18. The van der Waals surface area contributed by atoms with Crippen LogP contribution in [0.2, 0.25) is 0 Å². The number of aliphatic hydroxyl groups is 1. The van der Waals surface area contributed by atoms with Gasteiger partial charge in [-0.25, -0.2) is 4.39 Å². The molecule has 0 saturated carbocycles. The molecule has 7 nitrogen and oxygen atoms in total. The molecule has 1 fully saturated rings. The quantitative estimate of drug-likeness (QED) is 0.863. The number of halogens is 1. The lowest BCUT2D eigenvalue weighted by molar-refractivity contribution is -0.187. The number of hydrogen-bond donors (Lipinski definition) is 1. The second kappa shape index (κ2) is 6.38. The zero-order chi connectivity index (χ0) is 19.2. The summed E-state index contributed by atoms with van der Waals surface area (Å²) in [6.07, 6.45) is 1.43. The fourth-order valence-corrected chi connectivity index (χ4v) is 3.54. The van der Waals surface area contributed by atoms with Crippen molar-refractivity contribution in [2.45, 2.75) is 18.6 Å². The first-order valence-corrected chi connectivity index (χ1v) is 8.73. The largest absolute Gasteiger partial charge is 0.459 e. The molecule has 1 aromatic carbocycles. The van der Waals surface area contributed by atoms with Crippen LogP contribution in [0.1, 0.15) is 29.0 Å². The van der Waals surface area contributed by atoms with E-state index in [1.165, 1.54) is 29.4 Å². The second-order valence-corrected chi connectivity index (χ2v) is 6.76. The molecule has 1 saturated heterocycles. The van der Waals surface area contributed by atoms with E-state index < -0.39 is 23.4 Å². The number of ether oxygens (including phenoxy) is 1. The first-order valence-electron chi connectivity index (χ1n) is 8.73. The van der Waals surface area contributed by atoms with Crippen molar-refractivity contribution in [1.29, 1.82) is 0 Å². The Kier molecular flexibility index (Phi) is 4.15. The Morgan fingerprint density at radius 3 is 2.56 bits per heavy atom. The van der Waals surface area contributed by atoms with Crippen LogP contribution in [0.15, 0.2) is 41.0 Å². The lowest BCUT2D eigenvalue weighted by atomic mass is 9.93. The number of carbonyl (C=O) groups excluding carboxylic acids is 2. The first kappa shape index (κ1) is 17.5. The molecule has 1 aromatic heterocycles. The highest BCUT2D eigenvalue weighted by molar-refractivity contribution is 5.92. The highest BCUT2D eigenvalue weighted by atomic mass is 19.1. The lowest BCUT2D eigenvalue weighted by Crippen LogP contribution is -2.59.